The van der Waals surface area contributed by atoms with Crippen molar-refractivity contribution >= 4 is 34.4 Å². The summed E-state index contributed by atoms with van der Waals surface area (Å²) in [6, 6.07) is 10.8. The summed E-state index contributed by atoms with van der Waals surface area (Å²) in [6.45, 7) is 1.26. The molecule has 1 aliphatic carbocycles. The molecule has 2 aliphatic rings. The fraction of sp³-hybridized carbons (Fsp3) is 0.300. The lowest BCUT2D eigenvalue weighted by atomic mass is 10.0. The first-order valence-corrected chi connectivity index (χ1v) is 10.6. The molecule has 1 unspecified atom stereocenters. The van der Waals surface area contributed by atoms with E-state index in [1.807, 2.05) is 30.3 Å². The zero-order valence-corrected chi connectivity index (χ0v) is 16.6. The van der Waals surface area contributed by atoms with Crippen LogP contribution in [0.4, 0.5) is 4.79 Å². The normalized spacial score (nSPS) is 18.3. The topological polar surface area (TPSA) is 85.5 Å². The first-order chi connectivity index (χ1) is 13.5. The van der Waals surface area contributed by atoms with Crippen LogP contribution in [0.5, 0.6) is 0 Å². The molecule has 6 nitrogen and oxygen atoms in total. The molecule has 1 atom stereocenters. The van der Waals surface area contributed by atoms with Crippen LogP contribution in [0.2, 0.25) is 5.02 Å². The number of ether oxygens (including phenoxy) is 1. The van der Waals surface area contributed by atoms with Crippen molar-refractivity contribution in [1.82, 2.24) is 9.88 Å². The van der Waals surface area contributed by atoms with Crippen LogP contribution in [-0.2, 0) is 15.9 Å². The molecule has 0 spiro atoms. The van der Waals surface area contributed by atoms with Crippen molar-refractivity contribution in [2.24, 2.45) is 0 Å². The lowest BCUT2D eigenvalue weighted by Gasteiger charge is -2.14. The predicted octanol–water partition coefficient (Wildman–Crippen LogP) is 3.18. The van der Waals surface area contributed by atoms with Crippen molar-refractivity contribution in [3.63, 3.8) is 0 Å². The Morgan fingerprint density at radius 3 is 2.61 bits per heavy atom. The summed E-state index contributed by atoms with van der Waals surface area (Å²) in [5.74, 6) is 0. The highest BCUT2D eigenvalue weighted by atomic mass is 35.5. The number of pyridine rings is 1. The second-order valence-electron chi connectivity index (χ2n) is 6.75. The number of halogens is 1. The van der Waals surface area contributed by atoms with E-state index in [1.165, 1.54) is 0 Å². The highest BCUT2D eigenvalue weighted by Crippen LogP contribution is 2.34. The number of aromatic nitrogens is 1. The fourth-order valence-corrected chi connectivity index (χ4v) is 4.50. The van der Waals surface area contributed by atoms with Crippen LogP contribution in [0.25, 0.3) is 5.57 Å². The largest absolute Gasteiger partial charge is 0.611 e. The van der Waals surface area contributed by atoms with E-state index in [2.05, 4.69) is 4.98 Å². The van der Waals surface area contributed by atoms with E-state index in [1.54, 1.807) is 17.0 Å². The Kier molecular flexibility index (Phi) is 5.48. The summed E-state index contributed by atoms with van der Waals surface area (Å²) in [4.78, 5) is 28.9. The summed E-state index contributed by atoms with van der Waals surface area (Å²) < 4.78 is 17.3. The number of H-pyrrole nitrogens is 1. The molecule has 2 fully saturated rings. The van der Waals surface area contributed by atoms with E-state index in [4.69, 9.17) is 16.3 Å². The maximum Gasteiger partial charge on any atom is 0.410 e. The minimum absolute atomic E-state index is 0.112. The number of hydrogen-bond donors (Lipinski definition) is 1. The van der Waals surface area contributed by atoms with Crippen molar-refractivity contribution in [2.75, 3.05) is 19.7 Å². The van der Waals surface area contributed by atoms with E-state index in [9.17, 15) is 14.1 Å². The van der Waals surface area contributed by atoms with Crippen LogP contribution >= 0.6 is 11.6 Å². The van der Waals surface area contributed by atoms with E-state index < -0.39 is 11.2 Å². The van der Waals surface area contributed by atoms with Gasteiger partial charge in [0.25, 0.3) is 5.56 Å². The van der Waals surface area contributed by atoms with Crippen molar-refractivity contribution < 1.29 is 14.1 Å². The Morgan fingerprint density at radius 2 is 2.00 bits per heavy atom. The molecule has 1 saturated heterocycles. The molecule has 1 saturated carbocycles. The van der Waals surface area contributed by atoms with Gasteiger partial charge in [-0.15, -0.1) is 0 Å². The fourth-order valence-electron chi connectivity index (χ4n) is 3.03. The third-order valence-corrected chi connectivity index (χ3v) is 6.85. The van der Waals surface area contributed by atoms with Gasteiger partial charge in [0.05, 0.1) is 6.54 Å². The Hall–Kier alpha value is -2.22. The molecule has 1 aliphatic heterocycles. The number of amides is 1. The van der Waals surface area contributed by atoms with Crippen LogP contribution in [-0.4, -0.2) is 45.5 Å². The van der Waals surface area contributed by atoms with Crippen LogP contribution in [0, 0.1) is 0 Å². The van der Waals surface area contributed by atoms with Crippen molar-refractivity contribution in [3.05, 3.63) is 69.1 Å². The van der Waals surface area contributed by atoms with Crippen LogP contribution < -0.4 is 5.56 Å². The Morgan fingerprint density at radius 1 is 1.25 bits per heavy atom. The predicted molar refractivity (Wildman–Crippen MR) is 108 cm³/mol. The molecular weight excluding hydrogens is 400 g/mol. The number of aromatic amines is 1. The second-order valence-corrected chi connectivity index (χ2v) is 8.89. The van der Waals surface area contributed by atoms with Crippen LogP contribution in [0.1, 0.15) is 24.1 Å². The van der Waals surface area contributed by atoms with Gasteiger partial charge in [-0.3, -0.25) is 4.79 Å². The molecule has 28 heavy (non-hydrogen) atoms. The molecule has 0 bridgehead atoms. The van der Waals surface area contributed by atoms with Gasteiger partial charge in [0, 0.05) is 30.7 Å². The maximum atomic E-state index is 12.4. The van der Waals surface area contributed by atoms with Gasteiger partial charge in [-0.1, -0.05) is 17.7 Å². The molecule has 4 rings (SSSR count). The maximum absolute atomic E-state index is 12.4. The molecule has 1 amide bonds. The molecule has 1 aromatic carbocycles. The van der Waals surface area contributed by atoms with Crippen LogP contribution in [0.3, 0.4) is 0 Å². The molecule has 146 valence electrons. The Bertz CT molecular complexity index is 969. The van der Waals surface area contributed by atoms with E-state index in [-0.39, 0.29) is 21.9 Å². The summed E-state index contributed by atoms with van der Waals surface area (Å²) in [5.41, 5.74) is 1.83. The highest BCUT2D eigenvalue weighted by Gasteiger charge is 2.35. The third-order valence-electron chi connectivity index (χ3n) is 4.74. The number of nitrogens with zero attached hydrogens (tertiary/aromatic N) is 1. The third kappa shape index (κ3) is 4.11. The van der Waals surface area contributed by atoms with Gasteiger partial charge in [-0.05, 0) is 53.1 Å². The number of nitrogens with one attached hydrogen (secondary N) is 1. The average Bonchev–Trinajstić information content (AvgIpc) is 3.47. The molecule has 1 N–H and O–H groups in total. The van der Waals surface area contributed by atoms with E-state index in [0.717, 1.165) is 28.9 Å². The van der Waals surface area contributed by atoms with Crippen molar-refractivity contribution in [1.29, 1.82) is 0 Å². The molecule has 8 heteroatoms. The van der Waals surface area contributed by atoms with E-state index >= 15 is 0 Å². The summed E-state index contributed by atoms with van der Waals surface area (Å²) >= 11 is 4.88. The number of carbonyl (C=O) groups excluding carboxylic acids is 1. The van der Waals surface area contributed by atoms with Crippen molar-refractivity contribution in [2.45, 2.75) is 23.0 Å². The summed E-state index contributed by atoms with van der Waals surface area (Å²) in [6.07, 6.45) is 3.54. The average molecular weight is 419 g/mol. The number of cyclic esters (lactones) is 1. The Balaban J connectivity index is 1.66. The molecule has 2 heterocycles. The molecule has 0 radical (unpaired) electrons. The zero-order valence-electron chi connectivity index (χ0n) is 15.0. The van der Waals surface area contributed by atoms with Crippen LogP contribution in [0.15, 0.2) is 52.2 Å². The minimum Gasteiger partial charge on any atom is -0.611 e. The quantitative estimate of drug-likeness (QED) is 0.730. The number of carbonyl (C=O) groups is 1. The van der Waals surface area contributed by atoms with Gasteiger partial charge in [0.15, 0.2) is 4.90 Å². The van der Waals surface area contributed by atoms with Gasteiger partial charge in [-0.25, -0.2) is 4.79 Å². The van der Waals surface area contributed by atoms with E-state index in [0.29, 0.717) is 25.4 Å². The summed E-state index contributed by atoms with van der Waals surface area (Å²) in [7, 11) is 0. The first-order valence-electron chi connectivity index (χ1n) is 9.05. The molecule has 2 aromatic rings. The Labute approximate surface area is 170 Å². The summed E-state index contributed by atoms with van der Waals surface area (Å²) in [5, 5.41) is 0.385. The van der Waals surface area contributed by atoms with Gasteiger partial charge < -0.3 is 19.2 Å². The smallest absolute Gasteiger partial charge is 0.410 e. The number of rotatable bonds is 6. The molecule has 1 aromatic heterocycles. The highest BCUT2D eigenvalue weighted by molar-refractivity contribution is 7.92. The lowest BCUT2D eigenvalue weighted by molar-refractivity contribution is 0.161. The van der Waals surface area contributed by atoms with Gasteiger partial charge in [0.2, 0.25) is 0 Å². The monoisotopic (exact) mass is 418 g/mol. The lowest BCUT2D eigenvalue weighted by Crippen LogP contribution is -2.24. The first kappa shape index (κ1) is 19.1. The molecular formula is C20H19ClN2O4S. The SMILES string of the molecule is O=C1OCCN1C/C=C(\c1ccc([S+]([O-])C2CC2)cc1)c1ccc(Cl)c(=O)[nH]1. The standard InChI is InChI=1S/C20H19ClN2O4S/c21-17-7-8-18(22-19(17)24)16(9-10-23-11-12-27-20(23)25)13-1-3-14(4-2-13)28(26)15-5-6-15/h1-4,7-9,15H,5-6,10-12H2,(H,22,24)/b16-9+. The van der Waals surface area contributed by atoms with Gasteiger partial charge in [-0.2, -0.15) is 0 Å². The van der Waals surface area contributed by atoms with Gasteiger partial charge in [0.1, 0.15) is 16.9 Å². The number of benzene rings is 1. The van der Waals surface area contributed by atoms with Gasteiger partial charge >= 0.3 is 6.09 Å². The second kappa shape index (κ2) is 8.03. The number of hydrogen-bond acceptors (Lipinski definition) is 4. The van der Waals surface area contributed by atoms with Crippen molar-refractivity contribution in [3.8, 4) is 0 Å². The minimum atomic E-state index is -0.971. The zero-order chi connectivity index (χ0) is 19.7.